The Bertz CT molecular complexity index is 864. The van der Waals surface area contributed by atoms with E-state index in [2.05, 4.69) is 48.1 Å². The topological polar surface area (TPSA) is 54.0 Å². The molecule has 4 nitrogen and oxygen atoms in total. The summed E-state index contributed by atoms with van der Waals surface area (Å²) >= 11 is 1.60. The molecule has 25 heavy (non-hydrogen) atoms. The number of nitrogens with one attached hydrogen (secondary N) is 2. The molecule has 0 radical (unpaired) electrons. The maximum absolute atomic E-state index is 11.0. The largest absolute Gasteiger partial charge is 0.352 e. The summed E-state index contributed by atoms with van der Waals surface area (Å²) in [5.41, 5.74) is 6.62. The predicted octanol–water partition coefficient (Wildman–Crippen LogP) is 4.81. The third-order valence-corrected chi connectivity index (χ3v) is 4.77. The van der Waals surface area contributed by atoms with Gasteiger partial charge in [0, 0.05) is 30.1 Å². The van der Waals surface area contributed by atoms with Crippen molar-refractivity contribution in [1.82, 2.24) is 10.3 Å². The van der Waals surface area contributed by atoms with Crippen molar-refractivity contribution < 1.29 is 4.79 Å². The van der Waals surface area contributed by atoms with E-state index >= 15 is 0 Å². The summed E-state index contributed by atoms with van der Waals surface area (Å²) in [6.07, 6.45) is 0. The van der Waals surface area contributed by atoms with Gasteiger partial charge in [-0.2, -0.15) is 0 Å². The lowest BCUT2D eigenvalue weighted by Gasteiger charge is -2.09. The van der Waals surface area contributed by atoms with Crippen molar-refractivity contribution in [3.05, 3.63) is 64.5 Å². The van der Waals surface area contributed by atoms with Crippen molar-refractivity contribution in [1.29, 1.82) is 0 Å². The minimum absolute atomic E-state index is 0.0224. The fourth-order valence-corrected chi connectivity index (χ4v) is 3.33. The smallest absolute Gasteiger partial charge is 0.217 e. The van der Waals surface area contributed by atoms with E-state index in [-0.39, 0.29) is 5.91 Å². The van der Waals surface area contributed by atoms with Gasteiger partial charge in [0.25, 0.3) is 0 Å². The lowest BCUT2D eigenvalue weighted by Crippen LogP contribution is -2.18. The van der Waals surface area contributed by atoms with E-state index in [0.717, 1.165) is 27.6 Å². The van der Waals surface area contributed by atoms with Crippen LogP contribution >= 0.6 is 11.3 Å². The molecule has 1 amide bonds. The second-order valence-corrected chi connectivity index (χ2v) is 6.89. The number of aromatic nitrogens is 1. The minimum atomic E-state index is -0.0224. The summed E-state index contributed by atoms with van der Waals surface area (Å²) in [7, 11) is 0. The quantitative estimate of drug-likeness (QED) is 0.694. The Morgan fingerprint density at radius 1 is 1.08 bits per heavy atom. The lowest BCUT2D eigenvalue weighted by molar-refractivity contribution is -0.119. The Balaban J connectivity index is 1.74. The Morgan fingerprint density at radius 2 is 1.76 bits per heavy atom. The number of thiazole rings is 1. The highest BCUT2D eigenvalue weighted by atomic mass is 32.1. The molecule has 0 aliphatic heterocycles. The lowest BCUT2D eigenvalue weighted by atomic mass is 10.1. The average molecular weight is 351 g/mol. The Labute approximate surface area is 151 Å². The fourth-order valence-electron chi connectivity index (χ4n) is 2.60. The van der Waals surface area contributed by atoms with E-state index < -0.39 is 0 Å². The summed E-state index contributed by atoms with van der Waals surface area (Å²) in [5, 5.41) is 9.17. The summed E-state index contributed by atoms with van der Waals surface area (Å²) in [4.78, 5) is 15.7. The van der Waals surface area contributed by atoms with Crippen LogP contribution in [0.15, 0.2) is 47.8 Å². The first-order valence-corrected chi connectivity index (χ1v) is 9.03. The molecule has 1 heterocycles. The molecule has 0 bridgehead atoms. The van der Waals surface area contributed by atoms with E-state index in [0.29, 0.717) is 6.54 Å². The van der Waals surface area contributed by atoms with Gasteiger partial charge in [-0.05, 0) is 30.5 Å². The molecule has 0 spiro atoms. The molecular weight excluding hydrogens is 330 g/mol. The number of aryl methyl sites for hydroxylation is 2. The molecule has 128 valence electrons. The molecule has 3 aromatic rings. The highest BCUT2D eigenvalue weighted by Gasteiger charge is 2.08. The monoisotopic (exact) mass is 351 g/mol. The first-order chi connectivity index (χ1) is 12.0. The van der Waals surface area contributed by atoms with Crippen LogP contribution in [-0.2, 0) is 11.3 Å². The molecule has 5 heteroatoms. The first-order valence-electron chi connectivity index (χ1n) is 8.15. The summed E-state index contributed by atoms with van der Waals surface area (Å²) in [6.45, 7) is 6.26. The van der Waals surface area contributed by atoms with E-state index in [9.17, 15) is 4.79 Å². The van der Waals surface area contributed by atoms with Gasteiger partial charge in [0.2, 0.25) is 5.91 Å². The number of anilines is 2. The summed E-state index contributed by atoms with van der Waals surface area (Å²) < 4.78 is 0. The fraction of sp³-hybridized carbons (Fsp3) is 0.200. The second-order valence-electron chi connectivity index (χ2n) is 6.04. The zero-order valence-corrected chi connectivity index (χ0v) is 15.4. The third kappa shape index (κ3) is 4.25. The molecular formula is C20H21N3OS. The predicted molar refractivity (Wildman–Crippen MR) is 104 cm³/mol. The number of nitrogens with zero attached hydrogens (tertiary/aromatic N) is 1. The number of rotatable bonds is 5. The Kier molecular flexibility index (Phi) is 5.14. The number of hydrogen-bond donors (Lipinski definition) is 2. The molecule has 0 saturated heterocycles. The van der Waals surface area contributed by atoms with Crippen LogP contribution in [0.4, 0.5) is 10.8 Å². The van der Waals surface area contributed by atoms with Crippen LogP contribution in [0.5, 0.6) is 0 Å². The van der Waals surface area contributed by atoms with Crippen molar-refractivity contribution >= 4 is 28.1 Å². The normalized spacial score (nSPS) is 10.5. The van der Waals surface area contributed by atoms with Crippen LogP contribution in [0.3, 0.4) is 0 Å². The van der Waals surface area contributed by atoms with Gasteiger partial charge in [-0.1, -0.05) is 42.5 Å². The molecule has 0 unspecified atom stereocenters. The Hall–Kier alpha value is -2.66. The average Bonchev–Trinajstić information content (AvgIpc) is 3.05. The highest BCUT2D eigenvalue weighted by Crippen LogP contribution is 2.29. The number of carbonyl (C=O) groups excluding carboxylic acids is 1. The van der Waals surface area contributed by atoms with Crippen LogP contribution in [0.25, 0.3) is 11.3 Å². The standard InChI is InChI=1S/C20H21N3OS/c1-13-5-4-6-14(2)19(13)23-20-22-18(12-25-20)17-9-7-16(8-10-17)11-21-15(3)24/h4-10,12H,11H2,1-3H3,(H,21,24)(H,22,23). The Morgan fingerprint density at radius 3 is 2.40 bits per heavy atom. The first kappa shape index (κ1) is 17.2. The third-order valence-electron chi connectivity index (χ3n) is 4.01. The molecule has 0 aliphatic carbocycles. The van der Waals surface area contributed by atoms with Gasteiger partial charge in [0.15, 0.2) is 5.13 Å². The van der Waals surface area contributed by atoms with Crippen molar-refractivity contribution in [3.8, 4) is 11.3 Å². The molecule has 0 saturated carbocycles. The van der Waals surface area contributed by atoms with Crippen LogP contribution in [-0.4, -0.2) is 10.9 Å². The van der Waals surface area contributed by atoms with E-state index in [1.807, 2.05) is 24.3 Å². The highest BCUT2D eigenvalue weighted by molar-refractivity contribution is 7.14. The second kappa shape index (κ2) is 7.49. The molecule has 1 aromatic heterocycles. The minimum Gasteiger partial charge on any atom is -0.352 e. The maximum atomic E-state index is 11.0. The van der Waals surface area contributed by atoms with Gasteiger partial charge in [0.1, 0.15) is 0 Å². The van der Waals surface area contributed by atoms with E-state index in [4.69, 9.17) is 4.98 Å². The SMILES string of the molecule is CC(=O)NCc1ccc(-c2csc(Nc3c(C)cccc3C)n2)cc1. The number of amides is 1. The molecule has 3 rings (SSSR count). The summed E-state index contributed by atoms with van der Waals surface area (Å²) in [6, 6.07) is 14.4. The van der Waals surface area contributed by atoms with Gasteiger partial charge in [-0.3, -0.25) is 4.79 Å². The summed E-state index contributed by atoms with van der Waals surface area (Å²) in [5.74, 6) is -0.0224. The number of carbonyl (C=O) groups is 1. The van der Waals surface area contributed by atoms with Gasteiger partial charge >= 0.3 is 0 Å². The maximum Gasteiger partial charge on any atom is 0.217 e. The van der Waals surface area contributed by atoms with E-state index in [1.165, 1.54) is 18.1 Å². The van der Waals surface area contributed by atoms with Crippen LogP contribution in [0.1, 0.15) is 23.6 Å². The van der Waals surface area contributed by atoms with Crippen LogP contribution < -0.4 is 10.6 Å². The van der Waals surface area contributed by atoms with Crippen molar-refractivity contribution in [2.24, 2.45) is 0 Å². The molecule has 0 aliphatic rings. The number of benzene rings is 2. The van der Waals surface area contributed by atoms with Crippen molar-refractivity contribution in [3.63, 3.8) is 0 Å². The molecule has 2 aromatic carbocycles. The van der Waals surface area contributed by atoms with Gasteiger partial charge < -0.3 is 10.6 Å². The zero-order chi connectivity index (χ0) is 17.8. The molecule has 0 fully saturated rings. The molecule has 2 N–H and O–H groups in total. The molecule has 0 atom stereocenters. The van der Waals surface area contributed by atoms with Crippen LogP contribution in [0.2, 0.25) is 0 Å². The van der Waals surface area contributed by atoms with Crippen molar-refractivity contribution in [2.45, 2.75) is 27.3 Å². The number of para-hydroxylation sites is 1. The van der Waals surface area contributed by atoms with Gasteiger partial charge in [-0.25, -0.2) is 4.98 Å². The number of hydrogen-bond acceptors (Lipinski definition) is 4. The zero-order valence-electron chi connectivity index (χ0n) is 14.6. The van der Waals surface area contributed by atoms with Crippen molar-refractivity contribution in [2.75, 3.05) is 5.32 Å². The van der Waals surface area contributed by atoms with Crippen LogP contribution in [0, 0.1) is 13.8 Å². The van der Waals surface area contributed by atoms with Gasteiger partial charge in [0.05, 0.1) is 5.69 Å². The van der Waals surface area contributed by atoms with Gasteiger partial charge in [-0.15, -0.1) is 11.3 Å². The van der Waals surface area contributed by atoms with E-state index in [1.54, 1.807) is 11.3 Å².